The molecule has 0 saturated carbocycles. The van der Waals surface area contributed by atoms with Crippen molar-refractivity contribution >= 4 is 23.2 Å². The molecule has 0 saturated heterocycles. The summed E-state index contributed by atoms with van der Waals surface area (Å²) in [5.41, 5.74) is 0. The molecule has 0 heterocycles. The van der Waals surface area contributed by atoms with Crippen LogP contribution in [-0.4, -0.2) is 42.1 Å². The average Bonchev–Trinajstić information content (AvgIpc) is 2.36. The summed E-state index contributed by atoms with van der Waals surface area (Å²) in [6.07, 6.45) is -0.686. The van der Waals surface area contributed by atoms with Gasteiger partial charge in [0.15, 0.2) is 0 Å². The van der Waals surface area contributed by atoms with Crippen molar-refractivity contribution in [3.05, 3.63) is 28.2 Å². The zero-order valence-electron chi connectivity index (χ0n) is 10.1. The maximum atomic E-state index is 9.67. The molecule has 1 rings (SSSR count). The lowest BCUT2D eigenvalue weighted by Crippen LogP contribution is -2.38. The number of benzene rings is 1. The van der Waals surface area contributed by atoms with Crippen molar-refractivity contribution in [2.24, 2.45) is 0 Å². The molecular weight excluding hydrogens is 277 g/mol. The fraction of sp³-hybridized carbons (Fsp3) is 0.500. The van der Waals surface area contributed by atoms with E-state index in [1.165, 1.54) is 0 Å². The minimum atomic E-state index is -0.686. The van der Waals surface area contributed by atoms with Crippen LogP contribution in [0.4, 0.5) is 0 Å². The second kappa shape index (κ2) is 7.81. The fourth-order valence-electron chi connectivity index (χ4n) is 1.23. The van der Waals surface area contributed by atoms with Gasteiger partial charge in [0.1, 0.15) is 18.5 Å². The van der Waals surface area contributed by atoms with E-state index < -0.39 is 6.10 Å². The Bertz CT molecular complexity index is 376. The summed E-state index contributed by atoms with van der Waals surface area (Å²) in [5.74, 6) is 0.443. The monoisotopic (exact) mass is 293 g/mol. The molecule has 0 aliphatic rings. The van der Waals surface area contributed by atoms with E-state index in [1.807, 2.05) is 6.92 Å². The van der Waals surface area contributed by atoms with E-state index in [2.05, 4.69) is 5.32 Å². The predicted molar refractivity (Wildman–Crippen MR) is 72.5 cm³/mol. The van der Waals surface area contributed by atoms with Crippen LogP contribution in [0, 0.1) is 0 Å². The first-order valence-electron chi connectivity index (χ1n) is 5.63. The summed E-state index contributed by atoms with van der Waals surface area (Å²) in [4.78, 5) is 0. The van der Waals surface area contributed by atoms with Crippen molar-refractivity contribution in [2.45, 2.75) is 19.1 Å². The van der Waals surface area contributed by atoms with E-state index in [1.54, 1.807) is 18.2 Å². The summed E-state index contributed by atoms with van der Waals surface area (Å²) in [6, 6.07) is 4.84. The molecule has 0 aliphatic carbocycles. The van der Waals surface area contributed by atoms with E-state index in [0.29, 0.717) is 22.3 Å². The lowest BCUT2D eigenvalue weighted by molar-refractivity contribution is 0.101. The highest BCUT2D eigenvalue weighted by atomic mass is 35.5. The molecule has 0 fully saturated rings. The van der Waals surface area contributed by atoms with Crippen LogP contribution in [0.1, 0.15) is 6.92 Å². The van der Waals surface area contributed by atoms with Crippen LogP contribution in [0.5, 0.6) is 5.75 Å². The standard InChI is InChI=1S/C12H17Cl2NO3/c1-8(6-16)15-5-10(17)7-18-12-4-9(13)2-3-11(12)14/h2-4,8,10,15-17H,5-7H2,1H3. The van der Waals surface area contributed by atoms with Gasteiger partial charge in [0.05, 0.1) is 11.6 Å². The van der Waals surface area contributed by atoms with Gasteiger partial charge in [-0.25, -0.2) is 0 Å². The molecule has 102 valence electrons. The molecule has 4 nitrogen and oxygen atoms in total. The van der Waals surface area contributed by atoms with Gasteiger partial charge in [0, 0.05) is 23.7 Å². The number of hydrogen-bond acceptors (Lipinski definition) is 4. The van der Waals surface area contributed by atoms with Crippen LogP contribution in [-0.2, 0) is 0 Å². The van der Waals surface area contributed by atoms with Gasteiger partial charge in [-0.3, -0.25) is 0 Å². The third-order valence-electron chi connectivity index (χ3n) is 2.30. The number of nitrogens with one attached hydrogen (secondary N) is 1. The van der Waals surface area contributed by atoms with E-state index >= 15 is 0 Å². The van der Waals surface area contributed by atoms with Crippen molar-refractivity contribution in [2.75, 3.05) is 19.8 Å². The van der Waals surface area contributed by atoms with Crippen molar-refractivity contribution in [3.8, 4) is 5.75 Å². The maximum Gasteiger partial charge on any atom is 0.139 e. The van der Waals surface area contributed by atoms with Crippen LogP contribution in [0.3, 0.4) is 0 Å². The average molecular weight is 294 g/mol. The highest BCUT2D eigenvalue weighted by molar-refractivity contribution is 6.34. The summed E-state index contributed by atoms with van der Waals surface area (Å²) in [5, 5.41) is 22.4. The van der Waals surface area contributed by atoms with Gasteiger partial charge in [-0.1, -0.05) is 23.2 Å². The molecule has 0 radical (unpaired) electrons. The molecular formula is C12H17Cl2NO3. The molecule has 0 aromatic heterocycles. The Balaban J connectivity index is 2.37. The first-order valence-corrected chi connectivity index (χ1v) is 6.38. The minimum absolute atomic E-state index is 0.0215. The summed E-state index contributed by atoms with van der Waals surface area (Å²) in [6.45, 7) is 2.28. The zero-order valence-corrected chi connectivity index (χ0v) is 11.6. The van der Waals surface area contributed by atoms with E-state index in [-0.39, 0.29) is 19.3 Å². The highest BCUT2D eigenvalue weighted by Crippen LogP contribution is 2.27. The summed E-state index contributed by atoms with van der Waals surface area (Å²) < 4.78 is 5.38. The molecule has 2 atom stereocenters. The predicted octanol–water partition coefficient (Wildman–Crippen LogP) is 1.70. The quantitative estimate of drug-likeness (QED) is 0.716. The Hall–Kier alpha value is -0.520. The lowest BCUT2D eigenvalue weighted by atomic mass is 10.3. The SMILES string of the molecule is CC(CO)NCC(O)COc1cc(Cl)ccc1Cl. The largest absolute Gasteiger partial charge is 0.489 e. The topological polar surface area (TPSA) is 61.7 Å². The molecule has 1 aromatic rings. The molecule has 18 heavy (non-hydrogen) atoms. The van der Waals surface area contributed by atoms with Crippen molar-refractivity contribution in [1.82, 2.24) is 5.32 Å². The van der Waals surface area contributed by atoms with Crippen molar-refractivity contribution in [1.29, 1.82) is 0 Å². The number of aliphatic hydroxyl groups is 2. The second-order valence-electron chi connectivity index (χ2n) is 4.03. The van der Waals surface area contributed by atoms with Gasteiger partial charge in [-0.05, 0) is 19.1 Å². The number of rotatable bonds is 7. The fourth-order valence-corrected chi connectivity index (χ4v) is 1.57. The highest BCUT2D eigenvalue weighted by Gasteiger charge is 2.09. The van der Waals surface area contributed by atoms with E-state index in [0.717, 1.165) is 0 Å². The zero-order chi connectivity index (χ0) is 13.5. The first-order chi connectivity index (χ1) is 8.52. The second-order valence-corrected chi connectivity index (χ2v) is 4.88. The Labute approximate surface area is 116 Å². The molecule has 0 bridgehead atoms. The third-order valence-corrected chi connectivity index (χ3v) is 2.85. The number of hydrogen-bond donors (Lipinski definition) is 3. The van der Waals surface area contributed by atoms with Crippen LogP contribution in [0.15, 0.2) is 18.2 Å². The lowest BCUT2D eigenvalue weighted by Gasteiger charge is -2.16. The van der Waals surface area contributed by atoms with Crippen LogP contribution < -0.4 is 10.1 Å². The number of halogens is 2. The minimum Gasteiger partial charge on any atom is -0.489 e. The first kappa shape index (κ1) is 15.5. The summed E-state index contributed by atoms with van der Waals surface area (Å²) in [7, 11) is 0. The smallest absolute Gasteiger partial charge is 0.139 e. The van der Waals surface area contributed by atoms with Crippen molar-refractivity contribution < 1.29 is 14.9 Å². The Morgan fingerprint density at radius 1 is 1.39 bits per heavy atom. The normalized spacial score (nSPS) is 14.3. The van der Waals surface area contributed by atoms with Crippen LogP contribution >= 0.6 is 23.2 Å². The number of ether oxygens (including phenoxy) is 1. The molecule has 6 heteroatoms. The molecule has 2 unspecified atom stereocenters. The van der Waals surface area contributed by atoms with E-state index in [9.17, 15) is 5.11 Å². The molecule has 0 amide bonds. The Morgan fingerprint density at radius 3 is 2.78 bits per heavy atom. The maximum absolute atomic E-state index is 9.67. The molecule has 3 N–H and O–H groups in total. The molecule has 1 aromatic carbocycles. The van der Waals surface area contributed by atoms with Gasteiger partial charge in [-0.2, -0.15) is 0 Å². The van der Waals surface area contributed by atoms with Crippen LogP contribution in [0.2, 0.25) is 10.0 Å². The summed E-state index contributed by atoms with van der Waals surface area (Å²) >= 11 is 11.7. The molecule has 0 spiro atoms. The molecule has 0 aliphatic heterocycles. The van der Waals surface area contributed by atoms with Gasteiger partial charge in [-0.15, -0.1) is 0 Å². The van der Waals surface area contributed by atoms with E-state index in [4.69, 9.17) is 33.0 Å². The van der Waals surface area contributed by atoms with Gasteiger partial charge in [0.2, 0.25) is 0 Å². The van der Waals surface area contributed by atoms with Crippen LogP contribution in [0.25, 0.3) is 0 Å². The Kier molecular flexibility index (Phi) is 6.75. The number of aliphatic hydroxyl groups excluding tert-OH is 2. The van der Waals surface area contributed by atoms with Gasteiger partial charge in [0.25, 0.3) is 0 Å². The van der Waals surface area contributed by atoms with Gasteiger partial charge >= 0.3 is 0 Å². The van der Waals surface area contributed by atoms with Gasteiger partial charge < -0.3 is 20.3 Å². The van der Waals surface area contributed by atoms with Crippen molar-refractivity contribution in [3.63, 3.8) is 0 Å². The third kappa shape index (κ3) is 5.42. The Morgan fingerprint density at radius 2 is 2.11 bits per heavy atom.